The Balaban J connectivity index is 1.80. The highest BCUT2D eigenvalue weighted by Crippen LogP contribution is 2.37. The van der Waals surface area contributed by atoms with Crippen molar-refractivity contribution in [2.75, 3.05) is 31.7 Å². The number of hydrogen-bond donors (Lipinski definition) is 2. The van der Waals surface area contributed by atoms with Crippen LogP contribution in [0.5, 0.6) is 0 Å². The van der Waals surface area contributed by atoms with Crippen LogP contribution in [-0.2, 0) is 11.3 Å². The Kier molecular flexibility index (Phi) is 4.10. The topological polar surface area (TPSA) is 59.3 Å². The summed E-state index contributed by atoms with van der Waals surface area (Å²) in [5.41, 5.74) is 1.16. The molecular formula is C13H20BrN3O2. The highest BCUT2D eigenvalue weighted by Gasteiger charge is 2.28. The van der Waals surface area contributed by atoms with E-state index in [1.807, 2.05) is 0 Å². The fraction of sp³-hybridized carbons (Fsp3) is 0.769. The average Bonchev–Trinajstić information content (AvgIpc) is 2.77. The minimum Gasteiger partial charge on any atom is -0.396 e. The standard InChI is InChI=1S/C13H20BrN3O2/c14-11-12(10-2-5-19-6-3-10)16-17-8-9(1-4-18)7-15-13(11)17/h9-10,15,18H,1-8H2. The van der Waals surface area contributed by atoms with Gasteiger partial charge in [-0.15, -0.1) is 0 Å². The highest BCUT2D eigenvalue weighted by atomic mass is 79.9. The molecule has 3 heterocycles. The van der Waals surface area contributed by atoms with Gasteiger partial charge in [-0.3, -0.25) is 0 Å². The van der Waals surface area contributed by atoms with Crippen LogP contribution in [-0.4, -0.2) is 41.3 Å². The van der Waals surface area contributed by atoms with Gasteiger partial charge in [0.1, 0.15) is 5.82 Å². The summed E-state index contributed by atoms with van der Waals surface area (Å²) in [7, 11) is 0. The Morgan fingerprint density at radius 2 is 2.21 bits per heavy atom. The molecule has 2 aliphatic heterocycles. The van der Waals surface area contributed by atoms with E-state index in [9.17, 15) is 0 Å². The number of anilines is 1. The first-order chi connectivity index (χ1) is 9.29. The summed E-state index contributed by atoms with van der Waals surface area (Å²) in [5, 5.41) is 17.3. The first-order valence-electron chi connectivity index (χ1n) is 6.98. The molecule has 0 spiro atoms. The number of aliphatic hydroxyl groups excluding tert-OH is 1. The second-order valence-corrected chi connectivity index (χ2v) is 6.17. The first kappa shape index (κ1) is 13.4. The zero-order chi connectivity index (χ0) is 13.2. The van der Waals surface area contributed by atoms with E-state index in [2.05, 4.69) is 25.9 Å². The molecule has 0 amide bonds. The van der Waals surface area contributed by atoms with Gasteiger partial charge in [-0.05, 0) is 41.1 Å². The van der Waals surface area contributed by atoms with E-state index in [0.717, 1.165) is 61.6 Å². The Labute approximate surface area is 121 Å². The SMILES string of the molecule is OCCC1CNc2c(Br)c(C3CCOCC3)nn2C1. The lowest BCUT2D eigenvalue weighted by Gasteiger charge is -2.24. The third-order valence-electron chi connectivity index (χ3n) is 4.05. The second-order valence-electron chi connectivity index (χ2n) is 5.38. The lowest BCUT2D eigenvalue weighted by molar-refractivity contribution is 0.0842. The number of nitrogens with one attached hydrogen (secondary N) is 1. The Morgan fingerprint density at radius 1 is 1.42 bits per heavy atom. The summed E-state index contributed by atoms with van der Waals surface area (Å²) in [5.74, 6) is 2.06. The van der Waals surface area contributed by atoms with Crippen LogP contribution in [0.25, 0.3) is 0 Å². The molecule has 1 aromatic rings. The molecule has 2 N–H and O–H groups in total. The largest absolute Gasteiger partial charge is 0.396 e. The van der Waals surface area contributed by atoms with Crippen LogP contribution in [0.4, 0.5) is 5.82 Å². The van der Waals surface area contributed by atoms with Gasteiger partial charge in [0.2, 0.25) is 0 Å². The molecule has 5 nitrogen and oxygen atoms in total. The molecular weight excluding hydrogens is 310 g/mol. The van der Waals surface area contributed by atoms with E-state index in [1.165, 1.54) is 0 Å². The van der Waals surface area contributed by atoms with Crippen LogP contribution in [0, 0.1) is 5.92 Å². The van der Waals surface area contributed by atoms with Crippen molar-refractivity contribution in [2.45, 2.75) is 31.7 Å². The van der Waals surface area contributed by atoms with Gasteiger partial charge >= 0.3 is 0 Å². The van der Waals surface area contributed by atoms with Crippen LogP contribution < -0.4 is 5.32 Å². The number of aliphatic hydroxyl groups is 1. The predicted molar refractivity (Wildman–Crippen MR) is 76.4 cm³/mol. The normalized spacial score (nSPS) is 24.0. The Bertz CT molecular complexity index is 443. The van der Waals surface area contributed by atoms with Gasteiger partial charge in [-0.2, -0.15) is 5.10 Å². The Morgan fingerprint density at radius 3 is 2.95 bits per heavy atom. The van der Waals surface area contributed by atoms with E-state index < -0.39 is 0 Å². The van der Waals surface area contributed by atoms with Gasteiger partial charge in [0.05, 0.1) is 10.2 Å². The van der Waals surface area contributed by atoms with Crippen molar-refractivity contribution >= 4 is 21.7 Å². The number of halogens is 1. The van der Waals surface area contributed by atoms with Crippen molar-refractivity contribution in [1.82, 2.24) is 9.78 Å². The zero-order valence-corrected chi connectivity index (χ0v) is 12.5. The molecule has 3 rings (SSSR count). The number of ether oxygens (including phenoxy) is 1. The molecule has 1 aromatic heterocycles. The van der Waals surface area contributed by atoms with E-state index >= 15 is 0 Å². The van der Waals surface area contributed by atoms with E-state index in [-0.39, 0.29) is 6.61 Å². The molecule has 6 heteroatoms. The molecule has 0 aliphatic carbocycles. The van der Waals surface area contributed by atoms with Crippen molar-refractivity contribution in [3.63, 3.8) is 0 Å². The third kappa shape index (κ3) is 2.66. The van der Waals surface area contributed by atoms with Crippen LogP contribution in [0.2, 0.25) is 0 Å². The Hall–Kier alpha value is -0.590. The predicted octanol–water partition coefficient (Wildman–Crippen LogP) is 1.96. The van der Waals surface area contributed by atoms with E-state index in [4.69, 9.17) is 14.9 Å². The van der Waals surface area contributed by atoms with Crippen molar-refractivity contribution in [2.24, 2.45) is 5.92 Å². The van der Waals surface area contributed by atoms with Crippen LogP contribution in [0.15, 0.2) is 4.47 Å². The molecule has 106 valence electrons. The molecule has 2 aliphatic rings. The summed E-state index contributed by atoms with van der Waals surface area (Å²) >= 11 is 3.70. The second kappa shape index (κ2) is 5.81. The van der Waals surface area contributed by atoms with Gasteiger partial charge < -0.3 is 15.2 Å². The number of hydrogen-bond acceptors (Lipinski definition) is 4. The molecule has 0 radical (unpaired) electrons. The lowest BCUT2D eigenvalue weighted by Crippen LogP contribution is -2.28. The number of fused-ring (bicyclic) bond motifs is 1. The highest BCUT2D eigenvalue weighted by molar-refractivity contribution is 9.10. The quantitative estimate of drug-likeness (QED) is 0.890. The van der Waals surface area contributed by atoms with Crippen LogP contribution in [0.3, 0.4) is 0 Å². The minimum atomic E-state index is 0.247. The molecule has 1 saturated heterocycles. The monoisotopic (exact) mass is 329 g/mol. The molecule has 0 aromatic carbocycles. The van der Waals surface area contributed by atoms with Crippen molar-refractivity contribution < 1.29 is 9.84 Å². The summed E-state index contributed by atoms with van der Waals surface area (Å²) in [4.78, 5) is 0. The maximum Gasteiger partial charge on any atom is 0.139 e. The zero-order valence-electron chi connectivity index (χ0n) is 10.9. The van der Waals surface area contributed by atoms with E-state index in [1.54, 1.807) is 0 Å². The molecule has 19 heavy (non-hydrogen) atoms. The summed E-state index contributed by atoms with van der Waals surface area (Å²) in [6.45, 7) is 3.72. The van der Waals surface area contributed by atoms with E-state index in [0.29, 0.717) is 11.8 Å². The van der Waals surface area contributed by atoms with Gasteiger partial charge in [-0.1, -0.05) is 0 Å². The molecule has 0 saturated carbocycles. The van der Waals surface area contributed by atoms with Crippen molar-refractivity contribution in [1.29, 1.82) is 0 Å². The summed E-state index contributed by atoms with van der Waals surface area (Å²) in [6, 6.07) is 0. The number of aromatic nitrogens is 2. The van der Waals surface area contributed by atoms with Gasteiger partial charge in [0.25, 0.3) is 0 Å². The van der Waals surface area contributed by atoms with Crippen molar-refractivity contribution in [3.05, 3.63) is 10.2 Å². The van der Waals surface area contributed by atoms with Gasteiger partial charge in [-0.25, -0.2) is 4.68 Å². The minimum absolute atomic E-state index is 0.247. The van der Waals surface area contributed by atoms with Gasteiger partial charge in [0.15, 0.2) is 0 Å². The lowest BCUT2D eigenvalue weighted by atomic mass is 9.97. The summed E-state index contributed by atoms with van der Waals surface area (Å²) in [6.07, 6.45) is 2.93. The maximum atomic E-state index is 9.05. The molecule has 1 unspecified atom stereocenters. The fourth-order valence-electron chi connectivity index (χ4n) is 2.92. The molecule has 1 fully saturated rings. The van der Waals surface area contributed by atoms with Crippen LogP contribution >= 0.6 is 15.9 Å². The molecule has 1 atom stereocenters. The average molecular weight is 330 g/mol. The number of nitrogens with zero attached hydrogens (tertiary/aromatic N) is 2. The molecule has 0 bridgehead atoms. The van der Waals surface area contributed by atoms with Gasteiger partial charge in [0, 0.05) is 38.8 Å². The fourth-order valence-corrected chi connectivity index (χ4v) is 3.67. The first-order valence-corrected chi connectivity index (χ1v) is 7.77. The third-order valence-corrected chi connectivity index (χ3v) is 4.84. The number of rotatable bonds is 3. The van der Waals surface area contributed by atoms with Crippen molar-refractivity contribution in [3.8, 4) is 0 Å². The smallest absolute Gasteiger partial charge is 0.139 e. The van der Waals surface area contributed by atoms with Crippen LogP contribution in [0.1, 0.15) is 30.9 Å². The maximum absolute atomic E-state index is 9.05. The summed E-state index contributed by atoms with van der Waals surface area (Å²) < 4.78 is 8.59.